The summed E-state index contributed by atoms with van der Waals surface area (Å²) in [6, 6.07) is 1.13. The van der Waals surface area contributed by atoms with Gasteiger partial charge in [0.1, 0.15) is 17.7 Å². The van der Waals surface area contributed by atoms with Crippen LogP contribution in [0.15, 0.2) is 10.9 Å². The van der Waals surface area contributed by atoms with Crippen molar-refractivity contribution in [2.24, 2.45) is 0 Å². The highest BCUT2D eigenvalue weighted by atomic mass is 16.5. The van der Waals surface area contributed by atoms with Gasteiger partial charge in [0.2, 0.25) is 5.91 Å². The van der Waals surface area contributed by atoms with Crippen molar-refractivity contribution in [3.63, 3.8) is 0 Å². The van der Waals surface area contributed by atoms with E-state index in [0.717, 1.165) is 0 Å². The van der Waals surface area contributed by atoms with Crippen LogP contribution in [0, 0.1) is 6.92 Å². The van der Waals surface area contributed by atoms with Crippen LogP contribution < -0.4 is 16.3 Å². The first-order chi connectivity index (χ1) is 10.0. The third-order valence-electron chi connectivity index (χ3n) is 2.93. The molecule has 21 heavy (non-hydrogen) atoms. The minimum Gasteiger partial charge on any atom is -0.383 e. The highest BCUT2D eigenvalue weighted by molar-refractivity contribution is 5.84. The number of ether oxygens (including phenoxy) is 1. The Morgan fingerprint density at radius 3 is 3.05 bits per heavy atom. The van der Waals surface area contributed by atoms with E-state index in [1.807, 2.05) is 0 Å². The lowest BCUT2D eigenvalue weighted by atomic mass is 10.3. The lowest BCUT2D eigenvalue weighted by Crippen LogP contribution is -2.39. The molecule has 0 saturated heterocycles. The standard InChI is InChI=1S/C12H18N6O3/c1-7(11(19)13-4-5-21-3)14-9-6-10-16-17-12(20)18(10)8(2)15-9/h6-7,14H,4-5H2,1-3H3,(H,13,19)(H,17,20). The molecule has 2 aromatic heterocycles. The number of H-pyrrole nitrogens is 1. The summed E-state index contributed by atoms with van der Waals surface area (Å²) in [6.07, 6.45) is 0. The fraction of sp³-hybridized carbons (Fsp3) is 0.500. The van der Waals surface area contributed by atoms with Gasteiger partial charge in [-0.3, -0.25) is 4.79 Å². The van der Waals surface area contributed by atoms with Gasteiger partial charge in [0, 0.05) is 19.7 Å². The van der Waals surface area contributed by atoms with Gasteiger partial charge in [-0.25, -0.2) is 19.3 Å². The number of aromatic nitrogens is 4. The Kier molecular flexibility index (Phi) is 4.53. The monoisotopic (exact) mass is 294 g/mol. The maximum atomic E-state index is 11.8. The second-order valence-electron chi connectivity index (χ2n) is 4.56. The molecule has 2 rings (SSSR count). The highest BCUT2D eigenvalue weighted by Gasteiger charge is 2.14. The van der Waals surface area contributed by atoms with E-state index in [9.17, 15) is 9.59 Å². The number of aromatic amines is 1. The number of amides is 1. The summed E-state index contributed by atoms with van der Waals surface area (Å²) in [5, 5.41) is 11.9. The minimum absolute atomic E-state index is 0.161. The molecule has 1 amide bonds. The fourth-order valence-corrected chi connectivity index (χ4v) is 1.89. The summed E-state index contributed by atoms with van der Waals surface area (Å²) in [5.41, 5.74) is 0.105. The van der Waals surface area contributed by atoms with Crippen molar-refractivity contribution in [3.8, 4) is 0 Å². The molecule has 1 atom stereocenters. The Labute approximate surface area is 120 Å². The molecule has 0 aliphatic rings. The van der Waals surface area contributed by atoms with Crippen LogP contribution in [0.25, 0.3) is 5.65 Å². The molecule has 9 nitrogen and oxygen atoms in total. The molecule has 9 heteroatoms. The predicted molar refractivity (Wildman–Crippen MR) is 76.3 cm³/mol. The molecule has 2 heterocycles. The second kappa shape index (κ2) is 6.35. The Balaban J connectivity index is 2.09. The van der Waals surface area contributed by atoms with E-state index >= 15 is 0 Å². The average molecular weight is 294 g/mol. The third kappa shape index (κ3) is 3.37. The largest absolute Gasteiger partial charge is 0.383 e. The maximum absolute atomic E-state index is 11.8. The first-order valence-corrected chi connectivity index (χ1v) is 6.51. The molecule has 0 fully saturated rings. The van der Waals surface area contributed by atoms with Gasteiger partial charge in [0.05, 0.1) is 6.61 Å². The smallest absolute Gasteiger partial charge is 0.349 e. The van der Waals surface area contributed by atoms with Gasteiger partial charge in [-0.2, -0.15) is 5.10 Å². The van der Waals surface area contributed by atoms with Gasteiger partial charge in [-0.15, -0.1) is 0 Å². The number of rotatable bonds is 6. The SMILES string of the molecule is COCCNC(=O)C(C)Nc1cc2n[nH]c(=O)n2c(C)n1. The van der Waals surface area contributed by atoms with E-state index in [0.29, 0.717) is 30.4 Å². The first-order valence-electron chi connectivity index (χ1n) is 6.51. The number of nitrogens with zero attached hydrogens (tertiary/aromatic N) is 3. The van der Waals surface area contributed by atoms with Gasteiger partial charge in [0.15, 0.2) is 5.65 Å². The predicted octanol–water partition coefficient (Wildman–Crippen LogP) is -0.711. The number of anilines is 1. The number of hydrogen-bond acceptors (Lipinski definition) is 6. The first kappa shape index (κ1) is 15.0. The lowest BCUT2D eigenvalue weighted by molar-refractivity contribution is -0.121. The molecule has 0 saturated carbocycles. The number of carbonyl (C=O) groups excluding carboxylic acids is 1. The van der Waals surface area contributed by atoms with Crippen molar-refractivity contribution in [1.82, 2.24) is 24.9 Å². The number of methoxy groups -OCH3 is 1. The van der Waals surface area contributed by atoms with E-state index < -0.39 is 6.04 Å². The van der Waals surface area contributed by atoms with Gasteiger partial charge in [0.25, 0.3) is 0 Å². The fourth-order valence-electron chi connectivity index (χ4n) is 1.89. The number of nitrogens with one attached hydrogen (secondary N) is 3. The van der Waals surface area contributed by atoms with Gasteiger partial charge in [-0.05, 0) is 13.8 Å². The highest BCUT2D eigenvalue weighted by Crippen LogP contribution is 2.09. The van der Waals surface area contributed by atoms with E-state index in [1.165, 1.54) is 4.40 Å². The molecule has 0 spiro atoms. The van der Waals surface area contributed by atoms with Crippen molar-refractivity contribution in [2.75, 3.05) is 25.6 Å². The van der Waals surface area contributed by atoms with Gasteiger partial charge < -0.3 is 15.4 Å². The van der Waals surface area contributed by atoms with E-state index in [1.54, 1.807) is 27.0 Å². The molecular weight excluding hydrogens is 276 g/mol. The number of carbonyl (C=O) groups is 1. The van der Waals surface area contributed by atoms with Crippen LogP contribution in [0.2, 0.25) is 0 Å². The lowest BCUT2D eigenvalue weighted by Gasteiger charge is -2.15. The Morgan fingerprint density at radius 1 is 1.57 bits per heavy atom. The van der Waals surface area contributed by atoms with Crippen LogP contribution in [0.4, 0.5) is 5.82 Å². The summed E-state index contributed by atoms with van der Waals surface area (Å²) >= 11 is 0. The molecule has 2 aromatic rings. The molecule has 3 N–H and O–H groups in total. The topological polar surface area (TPSA) is 113 Å². The zero-order valence-corrected chi connectivity index (χ0v) is 12.1. The Bertz CT molecular complexity index is 692. The quantitative estimate of drug-likeness (QED) is 0.606. The molecule has 0 aliphatic heterocycles. The van der Waals surface area contributed by atoms with Crippen molar-refractivity contribution in [3.05, 3.63) is 22.4 Å². The van der Waals surface area contributed by atoms with E-state index in [4.69, 9.17) is 4.74 Å². The average Bonchev–Trinajstić information content (AvgIpc) is 2.80. The zero-order chi connectivity index (χ0) is 15.4. The maximum Gasteiger partial charge on any atom is 0.349 e. The summed E-state index contributed by atoms with van der Waals surface area (Å²) in [5.74, 6) is 0.805. The van der Waals surface area contributed by atoms with Gasteiger partial charge in [-0.1, -0.05) is 0 Å². The molecule has 0 aliphatic carbocycles. The zero-order valence-electron chi connectivity index (χ0n) is 12.1. The summed E-state index contributed by atoms with van der Waals surface area (Å²) in [6.45, 7) is 4.32. The van der Waals surface area contributed by atoms with Crippen LogP contribution in [-0.2, 0) is 9.53 Å². The number of hydrogen-bond donors (Lipinski definition) is 3. The van der Waals surface area contributed by atoms with E-state index in [2.05, 4.69) is 25.8 Å². The second-order valence-corrected chi connectivity index (χ2v) is 4.56. The Morgan fingerprint density at radius 2 is 2.33 bits per heavy atom. The van der Waals surface area contributed by atoms with E-state index in [-0.39, 0.29) is 11.6 Å². The van der Waals surface area contributed by atoms with Crippen molar-refractivity contribution >= 4 is 17.4 Å². The molecule has 114 valence electrons. The van der Waals surface area contributed by atoms with Crippen molar-refractivity contribution in [2.45, 2.75) is 19.9 Å². The number of aryl methyl sites for hydroxylation is 1. The Hall–Kier alpha value is -2.42. The number of fused-ring (bicyclic) bond motifs is 1. The molecule has 0 bridgehead atoms. The summed E-state index contributed by atoms with van der Waals surface area (Å²) < 4.78 is 6.22. The normalized spacial score (nSPS) is 12.3. The van der Waals surface area contributed by atoms with Crippen LogP contribution in [0.5, 0.6) is 0 Å². The van der Waals surface area contributed by atoms with Crippen molar-refractivity contribution < 1.29 is 9.53 Å². The summed E-state index contributed by atoms with van der Waals surface area (Å²) in [4.78, 5) is 27.6. The van der Waals surface area contributed by atoms with Crippen molar-refractivity contribution in [1.29, 1.82) is 0 Å². The minimum atomic E-state index is -0.470. The molecule has 0 radical (unpaired) electrons. The summed E-state index contributed by atoms with van der Waals surface area (Å²) in [7, 11) is 1.57. The third-order valence-corrected chi connectivity index (χ3v) is 2.93. The molecule has 0 aromatic carbocycles. The molecular formula is C12H18N6O3. The molecule has 1 unspecified atom stereocenters. The van der Waals surface area contributed by atoms with Crippen LogP contribution in [0.3, 0.4) is 0 Å². The van der Waals surface area contributed by atoms with Crippen LogP contribution >= 0.6 is 0 Å². The van der Waals surface area contributed by atoms with Crippen LogP contribution in [-0.4, -0.2) is 51.8 Å². The van der Waals surface area contributed by atoms with Gasteiger partial charge >= 0.3 is 5.69 Å². The van der Waals surface area contributed by atoms with Crippen LogP contribution in [0.1, 0.15) is 12.7 Å².